The first-order valence-electron chi connectivity index (χ1n) is 9.54. The molecule has 0 spiro atoms. The van der Waals surface area contributed by atoms with E-state index in [0.717, 1.165) is 31.2 Å². The first-order chi connectivity index (χ1) is 13.7. The zero-order chi connectivity index (χ0) is 20.8. The van der Waals surface area contributed by atoms with Crippen LogP contribution in [0.3, 0.4) is 0 Å². The summed E-state index contributed by atoms with van der Waals surface area (Å²) in [6.45, 7) is 11.6. The summed E-state index contributed by atoms with van der Waals surface area (Å²) in [5, 5.41) is 16.8. The maximum absolute atomic E-state index is 11.5. The lowest BCUT2D eigenvalue weighted by atomic mass is 9.96. The minimum absolute atomic E-state index is 0.141. The minimum Gasteiger partial charge on any atom is -0.353 e. The Bertz CT molecular complexity index is 1050. The van der Waals surface area contributed by atoms with Gasteiger partial charge < -0.3 is 4.90 Å². The van der Waals surface area contributed by atoms with Crippen LogP contribution in [0.15, 0.2) is 4.63 Å². The van der Waals surface area contributed by atoms with Gasteiger partial charge in [-0.2, -0.15) is 0 Å². The smallest absolute Gasteiger partial charge is 0.186 e. The predicted molar refractivity (Wildman–Crippen MR) is 109 cm³/mol. The zero-order valence-corrected chi connectivity index (χ0v) is 18.0. The molecule has 1 aliphatic rings. The van der Waals surface area contributed by atoms with E-state index in [1.165, 1.54) is 11.8 Å². The number of hydrogen-bond donors (Lipinski definition) is 0. The molecule has 1 aliphatic heterocycles. The van der Waals surface area contributed by atoms with Gasteiger partial charge in [-0.1, -0.05) is 48.1 Å². The third kappa shape index (κ3) is 3.96. The molecule has 10 nitrogen and oxygen atoms in total. The first-order valence-corrected chi connectivity index (χ1v) is 10.4. The maximum Gasteiger partial charge on any atom is 0.186 e. The zero-order valence-electron chi connectivity index (χ0n) is 17.2. The van der Waals surface area contributed by atoms with Gasteiger partial charge in [0.05, 0.1) is 6.54 Å². The number of anilines is 1. The Morgan fingerprint density at radius 3 is 2.72 bits per heavy atom. The van der Waals surface area contributed by atoms with Crippen molar-refractivity contribution in [3.8, 4) is 0 Å². The summed E-state index contributed by atoms with van der Waals surface area (Å²) in [4.78, 5) is 23.3. The Morgan fingerprint density at radius 1 is 1.28 bits per heavy atom. The first kappa shape index (κ1) is 19.7. The highest BCUT2D eigenvalue weighted by Gasteiger charge is 2.30. The number of fused-ring (bicyclic) bond motifs is 1. The second-order valence-corrected chi connectivity index (χ2v) is 9.78. The van der Waals surface area contributed by atoms with Crippen LogP contribution in [0.1, 0.15) is 51.3 Å². The molecular formula is C18H24N8O2S. The molecule has 0 bridgehead atoms. The lowest BCUT2D eigenvalue weighted by molar-refractivity contribution is -0.109. The molecule has 29 heavy (non-hydrogen) atoms. The average Bonchev–Trinajstić information content (AvgIpc) is 3.35. The minimum atomic E-state index is -0.239. The monoisotopic (exact) mass is 416 g/mol. The Kier molecular flexibility index (Phi) is 5.01. The van der Waals surface area contributed by atoms with Crippen LogP contribution in [-0.2, 0) is 16.8 Å². The molecule has 0 saturated carbocycles. The van der Waals surface area contributed by atoms with Gasteiger partial charge in [0, 0.05) is 30.7 Å². The number of aromatic nitrogens is 7. The molecule has 4 rings (SSSR count). The number of thioether (sulfide) groups is 1. The Morgan fingerprint density at radius 2 is 2.07 bits per heavy atom. The highest BCUT2D eigenvalue weighted by molar-refractivity contribution is 8.14. The van der Waals surface area contributed by atoms with Crippen LogP contribution in [0.4, 0.5) is 5.82 Å². The van der Waals surface area contributed by atoms with Crippen molar-refractivity contribution >= 4 is 33.9 Å². The molecule has 0 radical (unpaired) electrons. The fourth-order valence-electron chi connectivity index (χ4n) is 3.29. The molecule has 0 amide bonds. The largest absolute Gasteiger partial charge is 0.353 e. The highest BCUT2D eigenvalue weighted by atomic mass is 32.2. The molecule has 154 valence electrons. The van der Waals surface area contributed by atoms with Gasteiger partial charge in [-0.3, -0.25) is 4.79 Å². The molecule has 1 fully saturated rings. The molecule has 1 saturated heterocycles. The molecule has 0 unspecified atom stereocenters. The molecule has 3 aromatic rings. The van der Waals surface area contributed by atoms with Crippen molar-refractivity contribution in [1.82, 2.24) is 35.3 Å². The van der Waals surface area contributed by atoms with Gasteiger partial charge >= 0.3 is 0 Å². The summed E-state index contributed by atoms with van der Waals surface area (Å²) in [5.41, 5.74) is 2.47. The SMILES string of the molecule is CC(=O)S[C@@H]1CCN(c2nc(C(C)(C)C)nc3c2nnn3Cc2nonc2C)C1. The van der Waals surface area contributed by atoms with Crippen molar-refractivity contribution in [1.29, 1.82) is 0 Å². The second kappa shape index (κ2) is 7.36. The summed E-state index contributed by atoms with van der Waals surface area (Å²) >= 11 is 1.39. The van der Waals surface area contributed by atoms with Crippen LogP contribution in [0.25, 0.3) is 11.2 Å². The molecule has 3 aromatic heterocycles. The highest BCUT2D eigenvalue weighted by Crippen LogP contribution is 2.32. The van der Waals surface area contributed by atoms with Gasteiger partial charge in [-0.25, -0.2) is 19.3 Å². The summed E-state index contributed by atoms with van der Waals surface area (Å²) in [6.07, 6.45) is 0.929. The standard InChI is InChI=1S/C18H24N8O2S/c1-10-13(23-28-22-10)9-26-16-14(21-24-26)15(19-17(20-16)18(3,4)5)25-7-6-12(8-25)29-11(2)27/h12H,6-9H2,1-5H3/t12-/m1/s1. The summed E-state index contributed by atoms with van der Waals surface area (Å²) in [5.74, 6) is 1.49. The number of nitrogens with zero attached hydrogens (tertiary/aromatic N) is 8. The van der Waals surface area contributed by atoms with E-state index >= 15 is 0 Å². The van der Waals surface area contributed by atoms with Crippen molar-refractivity contribution in [3.05, 3.63) is 17.2 Å². The maximum atomic E-state index is 11.5. The fraction of sp³-hybridized carbons (Fsp3) is 0.611. The lowest BCUT2D eigenvalue weighted by Crippen LogP contribution is -2.25. The Labute approximate surface area is 172 Å². The normalized spacial score (nSPS) is 17.4. The van der Waals surface area contributed by atoms with Crippen LogP contribution < -0.4 is 4.90 Å². The van der Waals surface area contributed by atoms with Crippen LogP contribution in [0, 0.1) is 6.92 Å². The third-order valence-electron chi connectivity index (χ3n) is 4.84. The van der Waals surface area contributed by atoms with Crippen LogP contribution in [0.2, 0.25) is 0 Å². The van der Waals surface area contributed by atoms with E-state index in [0.29, 0.717) is 29.1 Å². The molecule has 0 aromatic carbocycles. The second-order valence-electron chi connectivity index (χ2n) is 8.30. The van der Waals surface area contributed by atoms with Gasteiger partial charge in [0.15, 0.2) is 22.1 Å². The Balaban J connectivity index is 1.76. The average molecular weight is 417 g/mol. The molecule has 4 heterocycles. The van der Waals surface area contributed by atoms with E-state index in [2.05, 4.69) is 46.3 Å². The van der Waals surface area contributed by atoms with Crippen molar-refractivity contribution in [3.63, 3.8) is 0 Å². The quantitative estimate of drug-likeness (QED) is 0.626. The fourth-order valence-corrected chi connectivity index (χ4v) is 4.24. The van der Waals surface area contributed by atoms with E-state index in [-0.39, 0.29) is 15.8 Å². The van der Waals surface area contributed by atoms with E-state index in [9.17, 15) is 4.79 Å². The van der Waals surface area contributed by atoms with Gasteiger partial charge in [0.2, 0.25) is 0 Å². The van der Waals surface area contributed by atoms with E-state index in [1.807, 2.05) is 6.92 Å². The van der Waals surface area contributed by atoms with Crippen molar-refractivity contribution in [2.75, 3.05) is 18.0 Å². The van der Waals surface area contributed by atoms with Crippen LogP contribution >= 0.6 is 11.8 Å². The number of carbonyl (C=O) groups is 1. The molecule has 0 N–H and O–H groups in total. The number of aryl methyl sites for hydroxylation is 1. The molecular weight excluding hydrogens is 392 g/mol. The molecule has 11 heteroatoms. The van der Waals surface area contributed by atoms with E-state index in [1.54, 1.807) is 11.6 Å². The van der Waals surface area contributed by atoms with E-state index < -0.39 is 0 Å². The van der Waals surface area contributed by atoms with Gasteiger partial charge in [-0.15, -0.1) is 5.10 Å². The lowest BCUT2D eigenvalue weighted by Gasteiger charge is -2.22. The summed E-state index contributed by atoms with van der Waals surface area (Å²) in [6, 6.07) is 0. The van der Waals surface area contributed by atoms with Crippen LogP contribution in [0.5, 0.6) is 0 Å². The van der Waals surface area contributed by atoms with E-state index in [4.69, 9.17) is 14.6 Å². The summed E-state index contributed by atoms with van der Waals surface area (Å²) in [7, 11) is 0. The number of carbonyl (C=O) groups excluding carboxylic acids is 1. The third-order valence-corrected chi connectivity index (χ3v) is 5.89. The van der Waals surface area contributed by atoms with Gasteiger partial charge in [0.25, 0.3) is 0 Å². The van der Waals surface area contributed by atoms with Gasteiger partial charge in [-0.05, 0) is 13.3 Å². The van der Waals surface area contributed by atoms with Crippen molar-refractivity contribution in [2.45, 2.75) is 58.2 Å². The summed E-state index contributed by atoms with van der Waals surface area (Å²) < 4.78 is 6.51. The van der Waals surface area contributed by atoms with Crippen molar-refractivity contribution in [2.24, 2.45) is 0 Å². The molecule has 1 atom stereocenters. The number of hydrogen-bond acceptors (Lipinski definition) is 10. The Hall–Kier alpha value is -2.56. The topological polar surface area (TPSA) is 116 Å². The van der Waals surface area contributed by atoms with Gasteiger partial charge in [0.1, 0.15) is 17.2 Å². The predicted octanol–water partition coefficient (Wildman–Crippen LogP) is 2.12. The van der Waals surface area contributed by atoms with Crippen molar-refractivity contribution < 1.29 is 9.42 Å². The molecule has 0 aliphatic carbocycles. The number of rotatable bonds is 4. The van der Waals surface area contributed by atoms with Crippen LogP contribution in [-0.4, -0.2) is 58.7 Å².